The van der Waals surface area contributed by atoms with Gasteiger partial charge in [-0.25, -0.2) is 0 Å². The zero-order valence-electron chi connectivity index (χ0n) is 19.5. The molecule has 184 valence electrons. The second-order valence-corrected chi connectivity index (χ2v) is 9.49. The minimum absolute atomic E-state index is 0.0623. The summed E-state index contributed by atoms with van der Waals surface area (Å²) >= 11 is 0. The number of rotatable bonds is 17. The number of carbonyl (C=O) groups excluding carboxylic acids is 1. The van der Waals surface area contributed by atoms with Gasteiger partial charge < -0.3 is 23.7 Å². The van der Waals surface area contributed by atoms with Gasteiger partial charge in [-0.05, 0) is 39.8 Å². The van der Waals surface area contributed by atoms with Gasteiger partial charge in [0, 0.05) is 0 Å². The summed E-state index contributed by atoms with van der Waals surface area (Å²) < 4.78 is 55.4. The Morgan fingerprint density at radius 1 is 0.750 bits per heavy atom. The molecule has 0 fully saturated rings. The Labute approximate surface area is 191 Å². The molecule has 9 nitrogen and oxygen atoms in total. The molecule has 1 aromatic carbocycles. The van der Waals surface area contributed by atoms with E-state index in [4.69, 9.17) is 27.9 Å². The van der Waals surface area contributed by atoms with Gasteiger partial charge in [-0.15, -0.1) is 0 Å². The Balaban J connectivity index is 1.88. The molecule has 0 N–H and O–H groups in total. The van der Waals surface area contributed by atoms with Gasteiger partial charge in [0.05, 0.1) is 70.8 Å². The van der Waals surface area contributed by atoms with Crippen LogP contribution < -0.4 is 0 Å². The molecule has 0 amide bonds. The lowest BCUT2D eigenvalue weighted by molar-refractivity contribution is -0.156. The molecule has 1 rings (SSSR count). The van der Waals surface area contributed by atoms with Crippen molar-refractivity contribution in [2.24, 2.45) is 0 Å². The Morgan fingerprint density at radius 3 is 1.66 bits per heavy atom. The zero-order valence-corrected chi connectivity index (χ0v) is 20.3. The van der Waals surface area contributed by atoms with Crippen LogP contribution in [0.5, 0.6) is 0 Å². The van der Waals surface area contributed by atoms with E-state index in [1.54, 1.807) is 12.1 Å². The van der Waals surface area contributed by atoms with Crippen LogP contribution in [0.15, 0.2) is 29.2 Å². The molecule has 0 aliphatic carbocycles. The van der Waals surface area contributed by atoms with Gasteiger partial charge in [0.2, 0.25) is 0 Å². The second-order valence-electron chi connectivity index (χ2n) is 7.88. The highest BCUT2D eigenvalue weighted by molar-refractivity contribution is 7.86. The van der Waals surface area contributed by atoms with E-state index in [0.29, 0.717) is 46.2 Å². The maximum absolute atomic E-state index is 12.0. The van der Waals surface area contributed by atoms with Crippen LogP contribution in [-0.4, -0.2) is 79.5 Å². The molecule has 0 radical (unpaired) electrons. The first kappa shape index (κ1) is 28.5. The molecule has 0 bridgehead atoms. The SMILES string of the molecule is Cc1ccc(S(=O)(=O)OCCOCCOCCOCCOCCC(=O)OC(C)(C)C)cc1. The Hall–Kier alpha value is -1.56. The molecule has 0 atom stereocenters. The van der Waals surface area contributed by atoms with Crippen molar-refractivity contribution in [1.29, 1.82) is 0 Å². The molecule has 0 aliphatic heterocycles. The molecule has 0 unspecified atom stereocenters. The number of aryl methyl sites for hydroxylation is 1. The standard InChI is InChI=1S/C22H36O9S/c1-19-5-7-20(8-6-19)32(24,25)30-18-17-29-16-15-28-14-13-27-12-11-26-10-9-21(23)31-22(2,3)4/h5-8H,9-18H2,1-4H3. The number of esters is 1. The maximum atomic E-state index is 12.0. The van der Waals surface area contributed by atoms with E-state index in [1.807, 2.05) is 27.7 Å². The summed E-state index contributed by atoms with van der Waals surface area (Å²) in [6.07, 6.45) is 0.212. The van der Waals surface area contributed by atoms with Crippen molar-refractivity contribution in [2.75, 3.05) is 59.5 Å². The molecular weight excluding hydrogens is 440 g/mol. The highest BCUT2D eigenvalue weighted by atomic mass is 32.2. The van der Waals surface area contributed by atoms with Crippen LogP contribution in [0.2, 0.25) is 0 Å². The minimum atomic E-state index is -3.77. The molecule has 0 saturated carbocycles. The van der Waals surface area contributed by atoms with E-state index in [9.17, 15) is 13.2 Å². The van der Waals surface area contributed by atoms with Crippen molar-refractivity contribution in [3.63, 3.8) is 0 Å². The summed E-state index contributed by atoms with van der Waals surface area (Å²) in [6.45, 7) is 10.0. The van der Waals surface area contributed by atoms with Gasteiger partial charge >= 0.3 is 5.97 Å². The third-order valence-corrected chi connectivity index (χ3v) is 5.09. The molecule has 0 aliphatic rings. The van der Waals surface area contributed by atoms with Gasteiger partial charge in [-0.1, -0.05) is 17.7 Å². The molecule has 0 aromatic heterocycles. The quantitative estimate of drug-likeness (QED) is 0.190. The van der Waals surface area contributed by atoms with Crippen LogP contribution >= 0.6 is 0 Å². The first-order valence-corrected chi connectivity index (χ1v) is 12.0. The van der Waals surface area contributed by atoms with Crippen LogP contribution in [-0.2, 0) is 42.8 Å². The second kappa shape index (κ2) is 15.3. The van der Waals surface area contributed by atoms with Crippen molar-refractivity contribution in [2.45, 2.75) is 44.6 Å². The third-order valence-electron chi connectivity index (χ3n) is 3.76. The van der Waals surface area contributed by atoms with Gasteiger partial charge in [-0.3, -0.25) is 8.98 Å². The molecular formula is C22H36O9S. The highest BCUT2D eigenvalue weighted by Crippen LogP contribution is 2.13. The zero-order chi connectivity index (χ0) is 23.9. The summed E-state index contributed by atoms with van der Waals surface area (Å²) in [7, 11) is -3.77. The summed E-state index contributed by atoms with van der Waals surface area (Å²) in [4.78, 5) is 11.6. The lowest BCUT2D eigenvalue weighted by Gasteiger charge is -2.19. The van der Waals surface area contributed by atoms with E-state index < -0.39 is 15.7 Å². The lowest BCUT2D eigenvalue weighted by Crippen LogP contribution is -2.24. The van der Waals surface area contributed by atoms with E-state index in [0.717, 1.165) is 5.56 Å². The van der Waals surface area contributed by atoms with Gasteiger partial charge in [0.1, 0.15) is 5.60 Å². The predicted octanol–water partition coefficient (Wildman–Crippen LogP) is 2.50. The normalized spacial score (nSPS) is 12.1. The molecule has 1 aromatic rings. The van der Waals surface area contributed by atoms with Crippen LogP contribution in [0, 0.1) is 6.92 Å². The number of hydrogen-bond acceptors (Lipinski definition) is 9. The fraction of sp³-hybridized carbons (Fsp3) is 0.682. The van der Waals surface area contributed by atoms with Crippen LogP contribution in [0.25, 0.3) is 0 Å². The van der Waals surface area contributed by atoms with Gasteiger partial charge in [0.25, 0.3) is 10.1 Å². The molecule has 0 spiro atoms. The fourth-order valence-corrected chi connectivity index (χ4v) is 3.18. The third kappa shape index (κ3) is 14.5. The molecule has 0 heterocycles. The van der Waals surface area contributed by atoms with E-state index in [-0.39, 0.29) is 30.5 Å². The van der Waals surface area contributed by atoms with E-state index in [2.05, 4.69) is 0 Å². The molecule has 32 heavy (non-hydrogen) atoms. The van der Waals surface area contributed by atoms with Gasteiger partial charge in [-0.2, -0.15) is 8.42 Å². The molecule has 10 heteroatoms. The average Bonchev–Trinajstić information content (AvgIpc) is 2.70. The average molecular weight is 477 g/mol. The highest BCUT2D eigenvalue weighted by Gasteiger charge is 2.16. The number of benzene rings is 1. The molecule has 0 saturated heterocycles. The summed E-state index contributed by atoms with van der Waals surface area (Å²) in [5.74, 6) is -0.284. The Kier molecular flexibility index (Phi) is 13.6. The largest absolute Gasteiger partial charge is 0.460 e. The van der Waals surface area contributed by atoms with Crippen LogP contribution in [0.3, 0.4) is 0 Å². The predicted molar refractivity (Wildman–Crippen MR) is 118 cm³/mol. The smallest absolute Gasteiger partial charge is 0.308 e. The minimum Gasteiger partial charge on any atom is -0.460 e. The Morgan fingerprint density at radius 2 is 1.19 bits per heavy atom. The maximum Gasteiger partial charge on any atom is 0.308 e. The number of ether oxygens (including phenoxy) is 5. The van der Waals surface area contributed by atoms with Crippen molar-refractivity contribution >= 4 is 16.1 Å². The van der Waals surface area contributed by atoms with Crippen molar-refractivity contribution < 1.29 is 41.1 Å². The number of carbonyl (C=O) groups is 1. The fourth-order valence-electron chi connectivity index (χ4n) is 2.29. The number of hydrogen-bond donors (Lipinski definition) is 0. The topological polar surface area (TPSA) is 107 Å². The van der Waals surface area contributed by atoms with Crippen LogP contribution in [0.4, 0.5) is 0 Å². The summed E-state index contributed by atoms with van der Waals surface area (Å²) in [6, 6.07) is 6.45. The lowest BCUT2D eigenvalue weighted by atomic mass is 10.2. The van der Waals surface area contributed by atoms with E-state index in [1.165, 1.54) is 12.1 Å². The van der Waals surface area contributed by atoms with Crippen molar-refractivity contribution in [3.8, 4) is 0 Å². The van der Waals surface area contributed by atoms with E-state index >= 15 is 0 Å². The Bertz CT molecular complexity index is 740. The first-order chi connectivity index (χ1) is 15.1. The summed E-state index contributed by atoms with van der Waals surface area (Å²) in [5, 5.41) is 0. The monoisotopic (exact) mass is 476 g/mol. The van der Waals surface area contributed by atoms with Crippen molar-refractivity contribution in [3.05, 3.63) is 29.8 Å². The summed E-state index contributed by atoms with van der Waals surface area (Å²) in [5.41, 5.74) is 0.489. The van der Waals surface area contributed by atoms with Crippen LogP contribution in [0.1, 0.15) is 32.8 Å². The van der Waals surface area contributed by atoms with Crippen molar-refractivity contribution in [1.82, 2.24) is 0 Å². The first-order valence-electron chi connectivity index (χ1n) is 10.6. The van der Waals surface area contributed by atoms with Gasteiger partial charge in [0.15, 0.2) is 0 Å².